The second-order valence-corrected chi connectivity index (χ2v) is 8.65. The summed E-state index contributed by atoms with van der Waals surface area (Å²) in [6.07, 6.45) is -8.79. The van der Waals surface area contributed by atoms with Gasteiger partial charge in [0.2, 0.25) is 0 Å². The molecule has 3 rings (SSSR count). The van der Waals surface area contributed by atoms with Crippen LogP contribution in [0.5, 0.6) is 0 Å². The highest BCUT2D eigenvalue weighted by Crippen LogP contribution is 2.64. The van der Waals surface area contributed by atoms with Gasteiger partial charge >= 0.3 is 47.6 Å². The van der Waals surface area contributed by atoms with Gasteiger partial charge in [-0.15, -0.1) is 0 Å². The lowest BCUT2D eigenvalue weighted by Crippen LogP contribution is -2.74. The highest BCUT2D eigenvalue weighted by atomic mass is 19.4. The fourth-order valence-corrected chi connectivity index (χ4v) is 3.75. The molecule has 0 atom stereocenters. The van der Waals surface area contributed by atoms with Crippen LogP contribution < -0.4 is 0 Å². The minimum absolute atomic E-state index is 0.0318. The van der Waals surface area contributed by atoms with Gasteiger partial charge < -0.3 is 0 Å². The molecule has 0 nitrogen and oxygen atoms in total. The topological polar surface area (TPSA) is 0 Å². The van der Waals surface area contributed by atoms with Gasteiger partial charge in [-0.2, -0.15) is 74.6 Å². The molecule has 0 heterocycles. The Balaban J connectivity index is 1.97. The zero-order valence-electron chi connectivity index (χ0n) is 18.8. The number of hydrogen-bond donors (Lipinski definition) is 0. The normalized spacial score (nSPS) is 15.9. The summed E-state index contributed by atoms with van der Waals surface area (Å²) in [5.74, 6) is -56.5. The number of alkyl halides is 17. The maximum absolute atomic E-state index is 14.1. The zero-order valence-corrected chi connectivity index (χ0v) is 18.8. The molecule has 1 aliphatic carbocycles. The molecule has 0 aromatic heterocycles. The number of halogens is 17. The fraction of sp³-hybridized carbons (Fsp3) is 0.391. The van der Waals surface area contributed by atoms with Gasteiger partial charge in [0.05, 0.1) is 0 Å². The molecule has 222 valence electrons. The van der Waals surface area contributed by atoms with E-state index in [0.717, 1.165) is 17.7 Å². The molecule has 40 heavy (non-hydrogen) atoms. The van der Waals surface area contributed by atoms with Crippen molar-refractivity contribution in [1.29, 1.82) is 0 Å². The summed E-state index contributed by atoms with van der Waals surface area (Å²) in [4.78, 5) is 0. The van der Waals surface area contributed by atoms with E-state index in [2.05, 4.69) is 0 Å². The van der Waals surface area contributed by atoms with E-state index in [1.807, 2.05) is 0 Å². The second kappa shape index (κ2) is 8.99. The highest BCUT2D eigenvalue weighted by Gasteiger charge is 2.95. The van der Waals surface area contributed by atoms with Crippen molar-refractivity contribution >= 4 is 6.08 Å². The Labute approximate surface area is 212 Å². The Morgan fingerprint density at radius 3 is 1.45 bits per heavy atom. The summed E-state index contributed by atoms with van der Waals surface area (Å²) in [6.45, 7) is 0. The first-order chi connectivity index (χ1) is 17.8. The maximum Gasteiger partial charge on any atom is 0.460 e. The molecule has 0 fully saturated rings. The van der Waals surface area contributed by atoms with E-state index >= 15 is 0 Å². The van der Waals surface area contributed by atoms with Gasteiger partial charge in [-0.1, -0.05) is 48.5 Å². The molecule has 0 bridgehead atoms. The minimum Gasteiger partial charge on any atom is -0.195 e. The van der Waals surface area contributed by atoms with E-state index in [4.69, 9.17) is 0 Å². The van der Waals surface area contributed by atoms with Gasteiger partial charge in [0.15, 0.2) is 0 Å². The van der Waals surface area contributed by atoms with Crippen LogP contribution in [0.15, 0.2) is 48.5 Å². The molecular weight excluding hydrogens is 599 g/mol. The molecule has 2 aromatic rings. The fourth-order valence-electron chi connectivity index (χ4n) is 3.75. The van der Waals surface area contributed by atoms with Crippen LogP contribution in [0, 0.1) is 0 Å². The van der Waals surface area contributed by atoms with Crippen molar-refractivity contribution in [3.05, 3.63) is 65.2 Å². The maximum atomic E-state index is 14.1. The van der Waals surface area contributed by atoms with Crippen molar-refractivity contribution in [3.63, 3.8) is 0 Å². The van der Waals surface area contributed by atoms with Crippen molar-refractivity contribution in [2.24, 2.45) is 0 Å². The van der Waals surface area contributed by atoms with Crippen LogP contribution in [-0.2, 0) is 6.42 Å². The van der Waals surface area contributed by atoms with Crippen molar-refractivity contribution in [2.75, 3.05) is 0 Å². The van der Waals surface area contributed by atoms with Crippen LogP contribution in [0.25, 0.3) is 17.2 Å². The Bertz CT molecular complexity index is 1300. The van der Waals surface area contributed by atoms with Crippen LogP contribution in [0.3, 0.4) is 0 Å². The number of hydrogen-bond acceptors (Lipinski definition) is 0. The molecule has 1 aliphatic rings. The largest absolute Gasteiger partial charge is 0.460 e. The minimum atomic E-state index is -8.64. The predicted octanol–water partition coefficient (Wildman–Crippen LogP) is 9.28. The summed E-state index contributed by atoms with van der Waals surface area (Å²) in [7, 11) is 0. The number of fused-ring (bicyclic) bond motifs is 3. The third-order valence-electron chi connectivity index (χ3n) is 6.05. The first-order valence-electron chi connectivity index (χ1n) is 10.4. The Morgan fingerprint density at radius 2 is 0.925 bits per heavy atom. The van der Waals surface area contributed by atoms with Crippen LogP contribution in [0.1, 0.15) is 16.7 Å². The molecule has 0 saturated heterocycles. The number of allylic oxidation sites excluding steroid dienone is 1. The van der Waals surface area contributed by atoms with Crippen molar-refractivity contribution in [2.45, 2.75) is 54.1 Å². The molecule has 0 spiro atoms. The molecule has 0 saturated carbocycles. The van der Waals surface area contributed by atoms with Crippen LogP contribution in [0.4, 0.5) is 74.6 Å². The van der Waals surface area contributed by atoms with Crippen molar-refractivity contribution in [3.8, 4) is 11.1 Å². The first-order valence-corrected chi connectivity index (χ1v) is 10.4. The molecule has 0 radical (unpaired) electrons. The lowest BCUT2D eigenvalue weighted by atomic mass is 9.88. The first kappa shape index (κ1) is 31.5. The molecule has 17 heteroatoms. The van der Waals surface area contributed by atoms with Gasteiger partial charge in [0.25, 0.3) is 0 Å². The van der Waals surface area contributed by atoms with Crippen LogP contribution >= 0.6 is 0 Å². The summed E-state index contributed by atoms with van der Waals surface area (Å²) in [6, 6.07) is 9.97. The average molecular weight is 610 g/mol. The van der Waals surface area contributed by atoms with E-state index in [1.54, 1.807) is 24.3 Å². The van der Waals surface area contributed by atoms with Gasteiger partial charge in [-0.3, -0.25) is 0 Å². The Hall–Kier alpha value is -3.01. The number of benzene rings is 2. The van der Waals surface area contributed by atoms with Crippen LogP contribution in [-0.4, -0.2) is 47.6 Å². The van der Waals surface area contributed by atoms with Gasteiger partial charge in [-0.25, -0.2) is 0 Å². The standard InChI is InChI=1S/C23H11F17/c24-16(25,8-7-11-5-6-15-13(9-11)10-12-3-1-2-4-14(12)15)17(26,27)18(28,29)19(30,31)20(32,33)21(34,35)22(36,37)23(38,39)40/h1-9H,10H2/b8-7+. The van der Waals surface area contributed by atoms with E-state index in [-0.39, 0.29) is 12.5 Å². The quantitative estimate of drug-likeness (QED) is 0.223. The van der Waals surface area contributed by atoms with Crippen LogP contribution in [0.2, 0.25) is 0 Å². The summed E-state index contributed by atoms with van der Waals surface area (Å²) in [5, 5.41) is 0. The van der Waals surface area contributed by atoms with E-state index < -0.39 is 59.3 Å². The third-order valence-corrected chi connectivity index (χ3v) is 6.05. The summed E-state index contributed by atoms with van der Waals surface area (Å²) < 4.78 is 227. The van der Waals surface area contributed by atoms with Gasteiger partial charge in [-0.05, 0) is 40.3 Å². The van der Waals surface area contributed by atoms with Gasteiger partial charge in [0, 0.05) is 0 Å². The lowest BCUT2D eigenvalue weighted by molar-refractivity contribution is -0.459. The summed E-state index contributed by atoms with van der Waals surface area (Å²) in [5.41, 5.74) is 1.96. The summed E-state index contributed by atoms with van der Waals surface area (Å²) >= 11 is 0. The number of rotatable bonds is 8. The third kappa shape index (κ3) is 4.21. The molecular formula is C23H11F17. The van der Waals surface area contributed by atoms with E-state index in [0.29, 0.717) is 16.7 Å². The van der Waals surface area contributed by atoms with Crippen molar-refractivity contribution in [1.82, 2.24) is 0 Å². The van der Waals surface area contributed by atoms with Crippen molar-refractivity contribution < 1.29 is 74.6 Å². The predicted molar refractivity (Wildman–Crippen MR) is 104 cm³/mol. The molecule has 0 amide bonds. The monoisotopic (exact) mass is 610 g/mol. The van der Waals surface area contributed by atoms with E-state index in [1.165, 1.54) is 6.07 Å². The molecule has 0 aliphatic heterocycles. The smallest absolute Gasteiger partial charge is 0.195 e. The lowest BCUT2D eigenvalue weighted by Gasteiger charge is -2.42. The van der Waals surface area contributed by atoms with Gasteiger partial charge in [0.1, 0.15) is 0 Å². The highest BCUT2D eigenvalue weighted by molar-refractivity contribution is 5.78. The van der Waals surface area contributed by atoms with E-state index in [9.17, 15) is 74.6 Å². The zero-order chi connectivity index (χ0) is 31.0. The molecule has 2 aromatic carbocycles. The molecule has 0 unspecified atom stereocenters. The SMILES string of the molecule is FC(F)(F)C(F)(F)C(F)(F)C(F)(F)C(F)(F)C(F)(F)C(F)(F)C(F)(F)/C=C/c1ccc2c(c1)Cc1ccccc1-2. The average Bonchev–Trinajstić information content (AvgIpc) is 3.19. The molecule has 0 N–H and O–H groups in total. The Morgan fingerprint density at radius 1 is 0.475 bits per heavy atom. The Kier molecular flexibility index (Phi) is 7.09. The second-order valence-electron chi connectivity index (χ2n) is 8.65.